The molecular weight excluding hydrogens is 248 g/mol. The fourth-order valence-corrected chi connectivity index (χ4v) is 4.42. The van der Waals surface area contributed by atoms with Crippen LogP contribution < -0.4 is 5.32 Å². The lowest BCUT2D eigenvalue weighted by Gasteiger charge is -2.13. The largest absolute Gasteiger partial charge is 0.312 e. The Kier molecular flexibility index (Phi) is 3.27. The Morgan fingerprint density at radius 1 is 1.47 bits per heavy atom. The van der Waals surface area contributed by atoms with Gasteiger partial charge in [-0.2, -0.15) is 0 Å². The van der Waals surface area contributed by atoms with Gasteiger partial charge in [-0.15, -0.1) is 22.7 Å². The lowest BCUT2D eigenvalue weighted by molar-refractivity contribution is 0.606. The summed E-state index contributed by atoms with van der Waals surface area (Å²) in [5, 5.41) is 3.43. The molecule has 1 aliphatic carbocycles. The number of fused-ring (bicyclic) bond motifs is 1. The van der Waals surface area contributed by atoms with Crippen LogP contribution in [0.5, 0.6) is 0 Å². The van der Waals surface area contributed by atoms with E-state index in [4.69, 9.17) is 0 Å². The van der Waals surface area contributed by atoms with Gasteiger partial charge in [-0.05, 0) is 37.9 Å². The van der Waals surface area contributed by atoms with Crippen LogP contribution in [0.3, 0.4) is 0 Å². The zero-order chi connectivity index (χ0) is 11.7. The molecular formula is C13H16N2S2. The van der Waals surface area contributed by atoms with Crippen molar-refractivity contribution < 1.29 is 0 Å². The molecule has 1 aliphatic rings. The Morgan fingerprint density at radius 2 is 2.41 bits per heavy atom. The molecule has 0 saturated heterocycles. The summed E-state index contributed by atoms with van der Waals surface area (Å²) in [5.74, 6) is 0. The molecule has 1 atom stereocenters. The molecule has 17 heavy (non-hydrogen) atoms. The first-order valence-corrected chi connectivity index (χ1v) is 7.72. The van der Waals surface area contributed by atoms with E-state index in [1.807, 2.05) is 23.0 Å². The molecule has 90 valence electrons. The number of nitrogens with zero attached hydrogens (tertiary/aromatic N) is 1. The smallest absolute Gasteiger partial charge is 0.0794 e. The third kappa shape index (κ3) is 2.30. The van der Waals surface area contributed by atoms with Gasteiger partial charge in [0.15, 0.2) is 0 Å². The molecule has 2 nitrogen and oxygen atoms in total. The molecule has 2 aromatic rings. The number of hydrogen-bond donors (Lipinski definition) is 1. The summed E-state index contributed by atoms with van der Waals surface area (Å²) >= 11 is 3.74. The summed E-state index contributed by atoms with van der Waals surface area (Å²) in [4.78, 5) is 8.61. The topological polar surface area (TPSA) is 24.9 Å². The number of thiophene rings is 1. The predicted octanol–water partition coefficient (Wildman–Crippen LogP) is 3.20. The molecule has 2 aromatic heterocycles. The molecule has 0 radical (unpaired) electrons. The van der Waals surface area contributed by atoms with E-state index >= 15 is 0 Å². The molecule has 0 bridgehead atoms. The van der Waals surface area contributed by atoms with Gasteiger partial charge in [-0.25, -0.2) is 0 Å². The van der Waals surface area contributed by atoms with E-state index in [0.29, 0.717) is 6.04 Å². The molecule has 0 aromatic carbocycles. The minimum Gasteiger partial charge on any atom is -0.312 e. The average Bonchev–Trinajstić information content (AvgIpc) is 3.01. The van der Waals surface area contributed by atoms with Crippen LogP contribution in [0.1, 0.15) is 32.7 Å². The van der Waals surface area contributed by atoms with Crippen molar-refractivity contribution >= 4 is 22.7 Å². The molecule has 2 heterocycles. The van der Waals surface area contributed by atoms with Crippen molar-refractivity contribution in [3.63, 3.8) is 0 Å². The predicted molar refractivity (Wildman–Crippen MR) is 74.0 cm³/mol. The summed E-state index contributed by atoms with van der Waals surface area (Å²) < 4.78 is 0. The molecule has 0 fully saturated rings. The van der Waals surface area contributed by atoms with Gasteiger partial charge in [0.1, 0.15) is 0 Å². The van der Waals surface area contributed by atoms with Gasteiger partial charge in [0.25, 0.3) is 0 Å². The van der Waals surface area contributed by atoms with Crippen molar-refractivity contribution in [2.24, 2.45) is 0 Å². The normalized spacial score (nSPS) is 16.1. The van der Waals surface area contributed by atoms with Crippen LogP contribution >= 0.6 is 22.7 Å². The van der Waals surface area contributed by atoms with Gasteiger partial charge in [0, 0.05) is 33.3 Å². The van der Waals surface area contributed by atoms with Crippen molar-refractivity contribution in [2.75, 3.05) is 7.05 Å². The van der Waals surface area contributed by atoms with Crippen LogP contribution in [0.4, 0.5) is 0 Å². The van der Waals surface area contributed by atoms with Crippen molar-refractivity contribution in [1.82, 2.24) is 10.3 Å². The van der Waals surface area contributed by atoms with Crippen molar-refractivity contribution in [3.8, 4) is 0 Å². The summed E-state index contributed by atoms with van der Waals surface area (Å²) in [6, 6.07) is 2.86. The van der Waals surface area contributed by atoms with E-state index in [9.17, 15) is 0 Å². The van der Waals surface area contributed by atoms with E-state index in [1.165, 1.54) is 29.0 Å². The van der Waals surface area contributed by atoms with Crippen molar-refractivity contribution in [1.29, 1.82) is 0 Å². The van der Waals surface area contributed by atoms with E-state index < -0.39 is 0 Å². The Morgan fingerprint density at radius 3 is 3.12 bits per heavy atom. The summed E-state index contributed by atoms with van der Waals surface area (Å²) in [6.07, 6.45) is 6.96. The first kappa shape index (κ1) is 11.4. The zero-order valence-corrected chi connectivity index (χ0v) is 11.5. The van der Waals surface area contributed by atoms with Crippen molar-refractivity contribution in [3.05, 3.63) is 38.0 Å². The lowest BCUT2D eigenvalue weighted by Crippen LogP contribution is -2.17. The van der Waals surface area contributed by atoms with E-state index in [0.717, 1.165) is 6.42 Å². The van der Waals surface area contributed by atoms with Crippen LogP contribution in [0.25, 0.3) is 0 Å². The maximum Gasteiger partial charge on any atom is 0.0794 e. The number of aryl methyl sites for hydroxylation is 2. The maximum atomic E-state index is 4.15. The van der Waals surface area contributed by atoms with E-state index in [1.54, 1.807) is 21.8 Å². The molecule has 0 spiro atoms. The summed E-state index contributed by atoms with van der Waals surface area (Å²) in [6.45, 7) is 0. The summed E-state index contributed by atoms with van der Waals surface area (Å²) in [5.41, 5.74) is 3.51. The Bertz CT molecular complexity index is 466. The third-order valence-corrected chi connectivity index (χ3v) is 5.50. The monoisotopic (exact) mass is 264 g/mol. The second-order valence-corrected chi connectivity index (χ2v) is 6.60. The Hall–Kier alpha value is -0.710. The van der Waals surface area contributed by atoms with Crippen LogP contribution in [0, 0.1) is 0 Å². The Balaban J connectivity index is 1.80. The van der Waals surface area contributed by atoms with E-state index in [-0.39, 0.29) is 0 Å². The van der Waals surface area contributed by atoms with Gasteiger partial charge in [-0.1, -0.05) is 0 Å². The van der Waals surface area contributed by atoms with Crippen LogP contribution in [0.2, 0.25) is 0 Å². The molecule has 0 amide bonds. The number of likely N-dealkylation sites (N-methyl/N-ethyl adjacent to an activating group) is 1. The highest BCUT2D eigenvalue weighted by atomic mass is 32.1. The number of nitrogens with one attached hydrogen (secondary N) is 1. The number of rotatable bonds is 4. The number of hydrogen-bond acceptors (Lipinski definition) is 4. The average molecular weight is 264 g/mol. The van der Waals surface area contributed by atoms with Crippen LogP contribution in [-0.2, 0) is 19.3 Å². The first-order chi connectivity index (χ1) is 8.36. The number of thiazole rings is 1. The number of aromatic nitrogens is 1. The lowest BCUT2D eigenvalue weighted by atomic mass is 10.1. The first-order valence-electron chi connectivity index (χ1n) is 6.03. The van der Waals surface area contributed by atoms with Gasteiger partial charge in [0.05, 0.1) is 5.51 Å². The van der Waals surface area contributed by atoms with E-state index in [2.05, 4.69) is 23.4 Å². The summed E-state index contributed by atoms with van der Waals surface area (Å²) in [7, 11) is 2.05. The minimum atomic E-state index is 0.450. The molecule has 4 heteroatoms. The molecule has 1 N–H and O–H groups in total. The highest BCUT2D eigenvalue weighted by Crippen LogP contribution is 2.34. The van der Waals surface area contributed by atoms with Gasteiger partial charge in [0.2, 0.25) is 0 Å². The quantitative estimate of drug-likeness (QED) is 0.917. The fourth-order valence-electron chi connectivity index (χ4n) is 2.41. The Labute approximate surface area is 110 Å². The molecule has 1 unspecified atom stereocenters. The fraction of sp³-hybridized carbons (Fsp3) is 0.462. The third-order valence-electron chi connectivity index (χ3n) is 3.35. The molecule has 0 aliphatic heterocycles. The van der Waals surface area contributed by atoms with Crippen LogP contribution in [0.15, 0.2) is 17.8 Å². The highest BCUT2D eigenvalue weighted by Gasteiger charge is 2.19. The van der Waals surface area contributed by atoms with Gasteiger partial charge >= 0.3 is 0 Å². The second-order valence-electron chi connectivity index (χ2n) is 4.46. The van der Waals surface area contributed by atoms with Gasteiger partial charge in [-0.3, -0.25) is 4.98 Å². The van der Waals surface area contributed by atoms with Crippen molar-refractivity contribution in [2.45, 2.75) is 31.7 Å². The minimum absolute atomic E-state index is 0.450. The zero-order valence-electron chi connectivity index (χ0n) is 9.90. The highest BCUT2D eigenvalue weighted by molar-refractivity contribution is 7.12. The van der Waals surface area contributed by atoms with Crippen LogP contribution in [-0.4, -0.2) is 12.0 Å². The molecule has 3 rings (SSSR count). The SMILES string of the molecule is CNC(Cc1cncs1)c1cc2c(s1)CCC2. The van der Waals surface area contributed by atoms with Gasteiger partial charge < -0.3 is 5.32 Å². The molecule has 0 saturated carbocycles. The standard InChI is InChI=1S/C13H16N2S2/c1-14-11(6-10-7-15-8-16-10)13-5-9-3-2-4-12(9)17-13/h5,7-8,11,14H,2-4,6H2,1H3. The second kappa shape index (κ2) is 4.88. The maximum absolute atomic E-state index is 4.15.